The Morgan fingerprint density at radius 3 is 2.67 bits per heavy atom. The molecule has 0 unspecified atom stereocenters. The van der Waals surface area contributed by atoms with Crippen molar-refractivity contribution in [2.75, 3.05) is 7.11 Å². The van der Waals surface area contributed by atoms with E-state index in [-0.39, 0.29) is 41.6 Å². The fraction of sp³-hybridized carbons (Fsp3) is 0.375. The van der Waals surface area contributed by atoms with Crippen LogP contribution in [0.1, 0.15) is 18.7 Å². The third-order valence-corrected chi connectivity index (χ3v) is 1.37. The first-order chi connectivity index (χ1) is 4.84. The van der Waals surface area contributed by atoms with Gasteiger partial charge in [0.05, 0.1) is 6.10 Å². The number of methoxy groups -OCH3 is 1. The molecule has 1 atom stereocenters. The third kappa shape index (κ3) is 4.26. The van der Waals surface area contributed by atoms with Crippen molar-refractivity contribution >= 4 is 23.1 Å². The van der Waals surface area contributed by atoms with Crippen LogP contribution in [-0.2, 0) is 4.74 Å². The van der Waals surface area contributed by atoms with Crippen LogP contribution in [0.5, 0.6) is 0 Å². The van der Waals surface area contributed by atoms with Gasteiger partial charge in [0.15, 0.2) is 0 Å². The average molecular weight is 196 g/mol. The molecule has 0 saturated heterocycles. The van der Waals surface area contributed by atoms with Gasteiger partial charge in [-0.25, -0.2) is 12.1 Å². The van der Waals surface area contributed by atoms with E-state index in [4.69, 9.17) is 4.74 Å². The molecule has 0 aliphatic carbocycles. The number of hydrogen-bond donors (Lipinski definition) is 0. The van der Waals surface area contributed by atoms with E-state index in [9.17, 15) is 0 Å². The maximum Gasteiger partial charge on any atom is 2.00 e. The monoisotopic (exact) mass is 195 g/mol. The molecular formula is C8H10ClMgNO. The minimum absolute atomic E-state index is 0. The normalized spacial score (nSPS) is 10.8. The number of rotatable bonds is 2. The molecule has 0 amide bonds. The van der Waals surface area contributed by atoms with Gasteiger partial charge in [0.1, 0.15) is 0 Å². The summed E-state index contributed by atoms with van der Waals surface area (Å²) in [6, 6.07) is 6.65. The van der Waals surface area contributed by atoms with Crippen LogP contribution in [0, 0.1) is 6.07 Å². The first-order valence-corrected chi connectivity index (χ1v) is 3.20. The molecule has 0 aliphatic rings. The van der Waals surface area contributed by atoms with E-state index in [1.165, 1.54) is 0 Å². The minimum Gasteiger partial charge on any atom is -1.00 e. The Labute approximate surface area is 95.3 Å². The molecule has 0 spiro atoms. The van der Waals surface area contributed by atoms with Gasteiger partial charge in [0, 0.05) is 7.11 Å². The Bertz CT molecular complexity index is 196. The van der Waals surface area contributed by atoms with Gasteiger partial charge in [0.2, 0.25) is 0 Å². The van der Waals surface area contributed by atoms with Crippen molar-refractivity contribution in [3.8, 4) is 0 Å². The maximum absolute atomic E-state index is 5.04. The second-order valence-corrected chi connectivity index (χ2v) is 2.04. The van der Waals surface area contributed by atoms with Crippen LogP contribution in [0.25, 0.3) is 0 Å². The second-order valence-electron chi connectivity index (χ2n) is 2.04. The van der Waals surface area contributed by atoms with Gasteiger partial charge in [-0.15, -0.1) is 0 Å². The molecular weight excluding hydrogens is 186 g/mol. The second kappa shape index (κ2) is 7.80. The molecule has 0 aromatic carbocycles. The largest absolute Gasteiger partial charge is 2.00 e. The summed E-state index contributed by atoms with van der Waals surface area (Å²) in [5.41, 5.74) is 0.852. The van der Waals surface area contributed by atoms with Crippen LogP contribution in [0.3, 0.4) is 0 Å². The summed E-state index contributed by atoms with van der Waals surface area (Å²) in [7, 11) is 1.66. The van der Waals surface area contributed by atoms with Gasteiger partial charge < -0.3 is 17.1 Å². The van der Waals surface area contributed by atoms with Crippen molar-refractivity contribution < 1.29 is 17.1 Å². The predicted octanol–water partition coefficient (Wildman–Crippen LogP) is -1.79. The number of hydrogen-bond acceptors (Lipinski definition) is 2. The molecule has 1 heterocycles. The summed E-state index contributed by atoms with van der Waals surface area (Å²) in [6.07, 6.45) is 1.78. The molecule has 0 bridgehead atoms. The Morgan fingerprint density at radius 2 is 2.25 bits per heavy atom. The molecule has 0 saturated carbocycles. The number of aromatic nitrogens is 1. The summed E-state index contributed by atoms with van der Waals surface area (Å²) in [6.45, 7) is 1.94. The molecule has 4 heteroatoms. The molecule has 62 valence electrons. The van der Waals surface area contributed by atoms with Gasteiger partial charge in [-0.05, 0) is 12.6 Å². The predicted molar refractivity (Wildman–Crippen MR) is 44.3 cm³/mol. The Morgan fingerprint density at radius 1 is 1.58 bits per heavy atom. The van der Waals surface area contributed by atoms with E-state index >= 15 is 0 Å². The molecule has 0 N–H and O–H groups in total. The third-order valence-electron chi connectivity index (χ3n) is 1.37. The van der Waals surface area contributed by atoms with E-state index < -0.39 is 0 Å². The van der Waals surface area contributed by atoms with Crippen LogP contribution in [-0.4, -0.2) is 35.1 Å². The van der Waals surface area contributed by atoms with Crippen molar-refractivity contribution in [3.05, 3.63) is 30.1 Å². The van der Waals surface area contributed by atoms with Gasteiger partial charge in [-0.3, -0.25) is 4.98 Å². The summed E-state index contributed by atoms with van der Waals surface area (Å²) in [5.74, 6) is 0. The van der Waals surface area contributed by atoms with Crippen molar-refractivity contribution in [2.45, 2.75) is 13.0 Å². The summed E-state index contributed by atoms with van der Waals surface area (Å²) in [5, 5.41) is 0. The molecule has 0 aliphatic heterocycles. The number of nitrogens with zero attached hydrogens (tertiary/aromatic N) is 1. The van der Waals surface area contributed by atoms with Crippen LogP contribution < -0.4 is 12.4 Å². The van der Waals surface area contributed by atoms with E-state index in [2.05, 4.69) is 11.1 Å². The number of pyridine rings is 1. The first-order valence-electron chi connectivity index (χ1n) is 3.20. The van der Waals surface area contributed by atoms with Crippen molar-refractivity contribution in [1.29, 1.82) is 0 Å². The Balaban J connectivity index is 0. The molecule has 0 fully saturated rings. The summed E-state index contributed by atoms with van der Waals surface area (Å²) < 4.78 is 5.04. The maximum atomic E-state index is 5.04. The topological polar surface area (TPSA) is 22.1 Å². The van der Waals surface area contributed by atoms with Crippen LogP contribution in [0.15, 0.2) is 18.3 Å². The van der Waals surface area contributed by atoms with Crippen LogP contribution >= 0.6 is 0 Å². The molecule has 1 rings (SSSR count). The number of ether oxygens (including phenoxy) is 1. The zero-order valence-corrected chi connectivity index (χ0v) is 9.42. The number of halogens is 1. The summed E-state index contributed by atoms with van der Waals surface area (Å²) in [4.78, 5) is 4.07. The molecule has 2 nitrogen and oxygen atoms in total. The van der Waals surface area contributed by atoms with E-state index in [0.717, 1.165) is 5.69 Å². The van der Waals surface area contributed by atoms with Gasteiger partial charge in [0.25, 0.3) is 0 Å². The first kappa shape index (κ1) is 14.7. The quantitative estimate of drug-likeness (QED) is 0.411. The van der Waals surface area contributed by atoms with Crippen molar-refractivity contribution in [3.63, 3.8) is 0 Å². The minimum atomic E-state index is 0. The average Bonchev–Trinajstić information content (AvgIpc) is 2.05. The SMILES string of the molecule is CO[C@@H](C)c1[c-]cccn1.[Cl-].[Mg+2]. The smallest absolute Gasteiger partial charge is 1.00 e. The standard InChI is InChI=1S/C8H10NO.ClH.Mg/c1-7(10-2)8-5-3-4-6-9-8;;/h3-4,6-7H,1-2H3;1H;/q-1;;+2/p-1/t7-;;/m0../s1. The van der Waals surface area contributed by atoms with Crippen LogP contribution in [0.4, 0.5) is 0 Å². The van der Waals surface area contributed by atoms with Gasteiger partial charge in [-0.1, -0.05) is 6.20 Å². The molecule has 0 radical (unpaired) electrons. The fourth-order valence-corrected chi connectivity index (χ4v) is 0.671. The van der Waals surface area contributed by atoms with E-state index in [0.29, 0.717) is 0 Å². The van der Waals surface area contributed by atoms with Gasteiger partial charge >= 0.3 is 23.1 Å². The fourth-order valence-electron chi connectivity index (χ4n) is 0.671. The molecule has 12 heavy (non-hydrogen) atoms. The molecule has 1 aromatic rings. The van der Waals surface area contributed by atoms with E-state index in [1.54, 1.807) is 13.3 Å². The van der Waals surface area contributed by atoms with E-state index in [1.807, 2.05) is 19.1 Å². The van der Waals surface area contributed by atoms with Gasteiger partial charge in [-0.2, -0.15) is 6.07 Å². The Hall–Kier alpha value is 0.166. The molecule has 1 aromatic heterocycles. The summed E-state index contributed by atoms with van der Waals surface area (Å²) >= 11 is 0. The zero-order chi connectivity index (χ0) is 7.40. The van der Waals surface area contributed by atoms with Crippen LogP contribution in [0.2, 0.25) is 0 Å². The Kier molecular flexibility index (Phi) is 9.54. The zero-order valence-electron chi connectivity index (χ0n) is 7.25. The van der Waals surface area contributed by atoms with Crippen molar-refractivity contribution in [1.82, 2.24) is 4.98 Å². The van der Waals surface area contributed by atoms with Crippen molar-refractivity contribution in [2.24, 2.45) is 0 Å².